The van der Waals surface area contributed by atoms with Gasteiger partial charge in [-0.1, -0.05) is 20.8 Å². The van der Waals surface area contributed by atoms with E-state index in [2.05, 4.69) is 25.9 Å². The highest BCUT2D eigenvalue weighted by molar-refractivity contribution is 8.01. The van der Waals surface area contributed by atoms with Crippen molar-refractivity contribution in [3.63, 3.8) is 0 Å². The van der Waals surface area contributed by atoms with Crippen LogP contribution in [0.2, 0.25) is 0 Å². The minimum absolute atomic E-state index is 0.132. The summed E-state index contributed by atoms with van der Waals surface area (Å²) in [5.74, 6) is 0.684. The van der Waals surface area contributed by atoms with Crippen molar-refractivity contribution in [3.05, 3.63) is 18.0 Å². The van der Waals surface area contributed by atoms with Crippen LogP contribution in [-0.4, -0.2) is 26.1 Å². The quantitative estimate of drug-likeness (QED) is 0.740. The van der Waals surface area contributed by atoms with Crippen LogP contribution in [0.4, 0.5) is 0 Å². The molecule has 0 N–H and O–H groups in total. The van der Waals surface area contributed by atoms with Gasteiger partial charge < -0.3 is 0 Å². The van der Waals surface area contributed by atoms with E-state index < -0.39 is 0 Å². The molecule has 4 heteroatoms. The zero-order valence-corrected chi connectivity index (χ0v) is 10.6. The van der Waals surface area contributed by atoms with E-state index in [1.807, 2.05) is 6.92 Å². The standard InChI is InChI=1S/C11H18N2OS/c1-5-13-9(6-7-12-13)10(14)8-15-11(2,3)4/h6-7H,5,8H2,1-4H3. The lowest BCUT2D eigenvalue weighted by Gasteiger charge is -2.16. The van der Waals surface area contributed by atoms with Crippen molar-refractivity contribution < 1.29 is 4.79 Å². The van der Waals surface area contributed by atoms with Crippen LogP contribution in [0.5, 0.6) is 0 Å². The predicted octanol–water partition coefficient (Wildman–Crippen LogP) is 2.62. The fourth-order valence-corrected chi connectivity index (χ4v) is 1.89. The van der Waals surface area contributed by atoms with E-state index in [0.29, 0.717) is 11.4 Å². The zero-order valence-electron chi connectivity index (χ0n) is 9.78. The molecule has 0 aliphatic heterocycles. The molecule has 1 rings (SSSR count). The second-order valence-electron chi connectivity index (χ2n) is 4.36. The van der Waals surface area contributed by atoms with E-state index in [0.717, 1.165) is 6.54 Å². The van der Waals surface area contributed by atoms with Crippen molar-refractivity contribution in [2.75, 3.05) is 5.75 Å². The molecule has 0 radical (unpaired) electrons. The third-order valence-corrected chi connectivity index (χ3v) is 3.21. The topological polar surface area (TPSA) is 34.9 Å². The molecule has 0 bridgehead atoms. The second-order valence-corrected chi connectivity index (χ2v) is 6.16. The Labute approximate surface area is 95.2 Å². The third kappa shape index (κ3) is 3.70. The molecule has 0 spiro atoms. The van der Waals surface area contributed by atoms with Gasteiger partial charge in [-0.25, -0.2) is 0 Å². The number of rotatable bonds is 4. The summed E-state index contributed by atoms with van der Waals surface area (Å²) in [6.45, 7) is 9.07. The summed E-state index contributed by atoms with van der Waals surface area (Å²) in [5.41, 5.74) is 0.717. The van der Waals surface area contributed by atoms with Gasteiger partial charge in [0.1, 0.15) is 5.69 Å². The van der Waals surface area contributed by atoms with Gasteiger partial charge in [-0.2, -0.15) is 5.10 Å². The molecule has 0 saturated heterocycles. The van der Waals surface area contributed by atoms with Gasteiger partial charge >= 0.3 is 0 Å². The molecular formula is C11H18N2OS. The Bertz CT molecular complexity index is 339. The molecule has 0 fully saturated rings. The van der Waals surface area contributed by atoms with E-state index in [4.69, 9.17) is 0 Å². The number of thioether (sulfide) groups is 1. The third-order valence-electron chi connectivity index (χ3n) is 1.94. The van der Waals surface area contributed by atoms with Gasteiger partial charge in [0.05, 0.1) is 5.75 Å². The molecule has 0 aliphatic carbocycles. The summed E-state index contributed by atoms with van der Waals surface area (Å²) in [7, 11) is 0. The van der Waals surface area contributed by atoms with E-state index in [9.17, 15) is 4.79 Å². The van der Waals surface area contributed by atoms with Gasteiger partial charge in [-0.05, 0) is 13.0 Å². The van der Waals surface area contributed by atoms with Crippen molar-refractivity contribution in [1.82, 2.24) is 9.78 Å². The number of aromatic nitrogens is 2. The number of aryl methyl sites for hydroxylation is 1. The van der Waals surface area contributed by atoms with Crippen molar-refractivity contribution in [1.29, 1.82) is 0 Å². The molecule has 0 atom stereocenters. The number of Topliss-reactive ketones (excluding diaryl/α,β-unsaturated/α-hetero) is 1. The zero-order chi connectivity index (χ0) is 11.5. The number of hydrogen-bond donors (Lipinski definition) is 0. The minimum atomic E-state index is 0.132. The molecule has 15 heavy (non-hydrogen) atoms. The van der Waals surface area contributed by atoms with Crippen molar-refractivity contribution in [2.24, 2.45) is 0 Å². The predicted molar refractivity (Wildman–Crippen MR) is 64.4 cm³/mol. The maximum atomic E-state index is 11.9. The number of carbonyl (C=O) groups is 1. The molecule has 0 saturated carbocycles. The van der Waals surface area contributed by atoms with Crippen LogP contribution >= 0.6 is 11.8 Å². The number of hydrogen-bond acceptors (Lipinski definition) is 3. The first-order valence-corrected chi connectivity index (χ1v) is 6.11. The van der Waals surface area contributed by atoms with Crippen LogP contribution in [0.1, 0.15) is 38.2 Å². The van der Waals surface area contributed by atoms with E-state index in [1.165, 1.54) is 0 Å². The Morgan fingerprint density at radius 1 is 1.53 bits per heavy atom. The van der Waals surface area contributed by atoms with Crippen molar-refractivity contribution in [3.8, 4) is 0 Å². The molecule has 0 unspecified atom stereocenters. The first kappa shape index (κ1) is 12.3. The molecule has 84 valence electrons. The van der Waals surface area contributed by atoms with Crippen LogP contribution in [-0.2, 0) is 6.54 Å². The largest absolute Gasteiger partial charge is 0.292 e. The van der Waals surface area contributed by atoms with E-state index in [-0.39, 0.29) is 10.5 Å². The molecule has 1 aromatic heterocycles. The average molecular weight is 226 g/mol. The van der Waals surface area contributed by atoms with E-state index in [1.54, 1.807) is 28.7 Å². The first-order valence-electron chi connectivity index (χ1n) is 5.13. The minimum Gasteiger partial charge on any atom is -0.292 e. The molecular weight excluding hydrogens is 208 g/mol. The van der Waals surface area contributed by atoms with Gasteiger partial charge in [-0.3, -0.25) is 9.48 Å². The van der Waals surface area contributed by atoms with Crippen LogP contribution in [0.25, 0.3) is 0 Å². The van der Waals surface area contributed by atoms with Gasteiger partial charge in [0.2, 0.25) is 0 Å². The Morgan fingerprint density at radius 2 is 2.20 bits per heavy atom. The van der Waals surface area contributed by atoms with Crippen LogP contribution < -0.4 is 0 Å². The van der Waals surface area contributed by atoms with Gasteiger partial charge in [-0.15, -0.1) is 11.8 Å². The lowest BCUT2D eigenvalue weighted by molar-refractivity contribution is 0.101. The summed E-state index contributed by atoms with van der Waals surface area (Å²) in [5, 5.41) is 4.09. The van der Waals surface area contributed by atoms with Crippen molar-refractivity contribution >= 4 is 17.5 Å². The summed E-state index contributed by atoms with van der Waals surface area (Å²) in [6, 6.07) is 1.79. The Balaban J connectivity index is 2.62. The number of carbonyl (C=O) groups excluding carboxylic acids is 1. The van der Waals surface area contributed by atoms with Gasteiger partial charge in [0, 0.05) is 17.5 Å². The highest BCUT2D eigenvalue weighted by atomic mass is 32.2. The second kappa shape index (κ2) is 4.84. The fourth-order valence-electron chi connectivity index (χ4n) is 1.18. The smallest absolute Gasteiger partial charge is 0.190 e. The lowest BCUT2D eigenvalue weighted by Crippen LogP contribution is -2.16. The maximum Gasteiger partial charge on any atom is 0.190 e. The molecule has 3 nitrogen and oxygen atoms in total. The SMILES string of the molecule is CCn1nccc1C(=O)CSC(C)(C)C. The average Bonchev–Trinajstić information content (AvgIpc) is 2.60. The Kier molecular flexibility index (Phi) is 3.97. The summed E-state index contributed by atoms with van der Waals surface area (Å²) >= 11 is 1.67. The molecule has 0 aliphatic rings. The number of ketones is 1. The summed E-state index contributed by atoms with van der Waals surface area (Å²) in [4.78, 5) is 11.9. The van der Waals surface area contributed by atoms with Gasteiger partial charge in [0.25, 0.3) is 0 Å². The molecule has 1 aromatic rings. The molecule has 0 aromatic carbocycles. The Hall–Kier alpha value is -0.770. The normalized spacial score (nSPS) is 11.7. The maximum absolute atomic E-state index is 11.9. The fraction of sp³-hybridized carbons (Fsp3) is 0.636. The highest BCUT2D eigenvalue weighted by Crippen LogP contribution is 2.23. The number of nitrogens with zero attached hydrogens (tertiary/aromatic N) is 2. The van der Waals surface area contributed by atoms with E-state index >= 15 is 0 Å². The monoisotopic (exact) mass is 226 g/mol. The van der Waals surface area contributed by atoms with Crippen molar-refractivity contribution in [2.45, 2.75) is 39.0 Å². The Morgan fingerprint density at radius 3 is 2.73 bits per heavy atom. The highest BCUT2D eigenvalue weighted by Gasteiger charge is 2.16. The van der Waals surface area contributed by atoms with Crippen LogP contribution in [0, 0.1) is 0 Å². The molecule has 1 heterocycles. The van der Waals surface area contributed by atoms with Crippen LogP contribution in [0.3, 0.4) is 0 Å². The summed E-state index contributed by atoms with van der Waals surface area (Å²) < 4.78 is 1.87. The summed E-state index contributed by atoms with van der Waals surface area (Å²) in [6.07, 6.45) is 1.68. The van der Waals surface area contributed by atoms with Crippen LogP contribution in [0.15, 0.2) is 12.3 Å². The molecule has 0 amide bonds. The first-order chi connectivity index (χ1) is 6.94. The lowest BCUT2D eigenvalue weighted by atomic mass is 10.3. The van der Waals surface area contributed by atoms with Gasteiger partial charge in [0.15, 0.2) is 5.78 Å².